The smallest absolute Gasteiger partial charge is 0.291 e. The standard InChI is InChI=1S/C18H13N3O2S2/c1-23-13-5-2-4-12(10-13)11-15-17(22)21-18(25-15)19-16(20-21)8-7-14-6-3-9-24-14/h2-11H,1H3. The molecule has 0 N–H and O–H groups in total. The Balaban J connectivity index is 1.70. The lowest BCUT2D eigenvalue weighted by atomic mass is 10.2. The molecule has 25 heavy (non-hydrogen) atoms. The van der Waals surface area contributed by atoms with Crippen molar-refractivity contribution >= 4 is 45.9 Å². The molecule has 4 aromatic rings. The number of ether oxygens (including phenoxy) is 1. The molecule has 0 fully saturated rings. The summed E-state index contributed by atoms with van der Waals surface area (Å²) in [6.07, 6.45) is 5.58. The first-order valence-corrected chi connectivity index (χ1v) is 9.19. The van der Waals surface area contributed by atoms with Gasteiger partial charge in [-0.3, -0.25) is 4.79 Å². The topological polar surface area (TPSA) is 56.5 Å². The molecule has 0 saturated heterocycles. The van der Waals surface area contributed by atoms with Crippen LogP contribution in [0, 0.1) is 0 Å². The summed E-state index contributed by atoms with van der Waals surface area (Å²) in [5.41, 5.74) is 0.741. The average Bonchev–Trinajstić information content (AvgIpc) is 3.33. The summed E-state index contributed by atoms with van der Waals surface area (Å²) >= 11 is 2.96. The van der Waals surface area contributed by atoms with Gasteiger partial charge in [0.05, 0.1) is 11.6 Å². The van der Waals surface area contributed by atoms with Crippen LogP contribution < -0.4 is 14.8 Å². The molecule has 0 aliphatic carbocycles. The minimum atomic E-state index is -0.161. The normalized spacial score (nSPS) is 12.4. The van der Waals surface area contributed by atoms with Crippen molar-refractivity contribution in [3.05, 3.63) is 72.9 Å². The number of benzene rings is 1. The third-order valence-electron chi connectivity index (χ3n) is 3.53. The van der Waals surface area contributed by atoms with Crippen molar-refractivity contribution in [2.75, 3.05) is 7.11 Å². The second-order valence-corrected chi connectivity index (χ2v) is 7.19. The van der Waals surface area contributed by atoms with Gasteiger partial charge in [0.25, 0.3) is 5.56 Å². The minimum Gasteiger partial charge on any atom is -0.497 e. The van der Waals surface area contributed by atoms with E-state index in [4.69, 9.17) is 4.74 Å². The molecule has 0 radical (unpaired) electrons. The molecule has 0 aliphatic rings. The second kappa shape index (κ2) is 6.62. The molecule has 124 valence electrons. The quantitative estimate of drug-likeness (QED) is 0.556. The predicted molar refractivity (Wildman–Crippen MR) is 102 cm³/mol. The molecule has 7 heteroatoms. The number of hydrogen-bond acceptors (Lipinski definition) is 6. The van der Waals surface area contributed by atoms with Gasteiger partial charge in [-0.05, 0) is 47.4 Å². The van der Waals surface area contributed by atoms with Crippen molar-refractivity contribution in [2.45, 2.75) is 0 Å². The summed E-state index contributed by atoms with van der Waals surface area (Å²) in [6.45, 7) is 0. The highest BCUT2D eigenvalue weighted by Crippen LogP contribution is 2.14. The molecule has 0 amide bonds. The van der Waals surface area contributed by atoms with E-state index in [1.54, 1.807) is 18.4 Å². The van der Waals surface area contributed by atoms with Crippen LogP contribution in [0.15, 0.2) is 46.6 Å². The van der Waals surface area contributed by atoms with Crippen LogP contribution in [-0.4, -0.2) is 21.7 Å². The van der Waals surface area contributed by atoms with E-state index >= 15 is 0 Å². The maximum Gasteiger partial charge on any atom is 0.291 e. The predicted octanol–water partition coefficient (Wildman–Crippen LogP) is 2.94. The third kappa shape index (κ3) is 3.24. The van der Waals surface area contributed by atoms with Gasteiger partial charge in [0.2, 0.25) is 4.96 Å². The minimum absolute atomic E-state index is 0.161. The Labute approximate surface area is 151 Å². The Kier molecular flexibility index (Phi) is 4.17. The van der Waals surface area contributed by atoms with Gasteiger partial charge >= 0.3 is 0 Å². The molecule has 0 atom stereocenters. The number of nitrogens with zero attached hydrogens (tertiary/aromatic N) is 3. The number of methoxy groups -OCH3 is 1. The van der Waals surface area contributed by atoms with E-state index in [9.17, 15) is 4.79 Å². The van der Waals surface area contributed by atoms with Crippen LogP contribution in [-0.2, 0) is 0 Å². The van der Waals surface area contributed by atoms with Crippen LogP contribution in [0.25, 0.3) is 23.2 Å². The number of aromatic nitrogens is 3. The Morgan fingerprint density at radius 3 is 2.88 bits per heavy atom. The lowest BCUT2D eigenvalue weighted by Crippen LogP contribution is -2.23. The van der Waals surface area contributed by atoms with E-state index in [1.165, 1.54) is 15.9 Å². The molecular weight excluding hydrogens is 354 g/mol. The van der Waals surface area contributed by atoms with E-state index in [2.05, 4.69) is 10.1 Å². The van der Waals surface area contributed by atoms with Gasteiger partial charge in [0.1, 0.15) is 5.75 Å². The number of fused-ring (bicyclic) bond motifs is 1. The Bertz CT molecular complexity index is 1160. The number of rotatable bonds is 4. The van der Waals surface area contributed by atoms with Crippen LogP contribution in [0.3, 0.4) is 0 Å². The SMILES string of the molecule is COc1cccc(C=c2sc3nc(C=Cc4cccs4)nn3c2=O)c1. The molecule has 0 unspecified atom stereocenters. The van der Waals surface area contributed by atoms with Crippen LogP contribution in [0.1, 0.15) is 16.3 Å². The van der Waals surface area contributed by atoms with E-state index in [0.29, 0.717) is 15.3 Å². The fraction of sp³-hybridized carbons (Fsp3) is 0.0556. The van der Waals surface area contributed by atoms with Crippen molar-refractivity contribution in [3.63, 3.8) is 0 Å². The van der Waals surface area contributed by atoms with Crippen LogP contribution in [0.2, 0.25) is 0 Å². The number of thiazole rings is 1. The average molecular weight is 367 g/mol. The molecule has 0 saturated carbocycles. The first kappa shape index (κ1) is 15.7. The van der Waals surface area contributed by atoms with Crippen molar-refractivity contribution < 1.29 is 4.74 Å². The molecule has 0 spiro atoms. The summed E-state index contributed by atoms with van der Waals surface area (Å²) in [4.78, 5) is 18.6. The number of thiophene rings is 1. The molecular formula is C18H13N3O2S2. The molecule has 0 bridgehead atoms. The van der Waals surface area contributed by atoms with E-state index in [0.717, 1.165) is 16.2 Å². The molecule has 3 aromatic heterocycles. The van der Waals surface area contributed by atoms with Gasteiger partial charge in [-0.15, -0.1) is 16.4 Å². The lowest BCUT2D eigenvalue weighted by Gasteiger charge is -1.99. The van der Waals surface area contributed by atoms with Crippen molar-refractivity contribution in [3.8, 4) is 5.75 Å². The van der Waals surface area contributed by atoms with Gasteiger partial charge in [0.15, 0.2) is 5.82 Å². The number of hydrogen-bond donors (Lipinski definition) is 0. The first-order valence-electron chi connectivity index (χ1n) is 7.50. The zero-order valence-electron chi connectivity index (χ0n) is 13.2. The van der Waals surface area contributed by atoms with Gasteiger partial charge in [-0.25, -0.2) is 0 Å². The Hall–Kier alpha value is -2.77. The highest BCUT2D eigenvalue weighted by atomic mass is 32.1. The van der Waals surface area contributed by atoms with E-state index in [1.807, 2.05) is 60.0 Å². The Morgan fingerprint density at radius 2 is 2.12 bits per heavy atom. The van der Waals surface area contributed by atoms with Crippen LogP contribution in [0.5, 0.6) is 5.75 Å². The Morgan fingerprint density at radius 1 is 1.20 bits per heavy atom. The van der Waals surface area contributed by atoms with Crippen molar-refractivity contribution in [1.82, 2.24) is 14.6 Å². The molecule has 4 rings (SSSR count). The van der Waals surface area contributed by atoms with Crippen LogP contribution >= 0.6 is 22.7 Å². The van der Waals surface area contributed by atoms with Crippen molar-refractivity contribution in [2.24, 2.45) is 0 Å². The zero-order chi connectivity index (χ0) is 17.2. The highest BCUT2D eigenvalue weighted by Gasteiger charge is 2.09. The summed E-state index contributed by atoms with van der Waals surface area (Å²) in [7, 11) is 1.62. The molecule has 1 aromatic carbocycles. The van der Waals surface area contributed by atoms with E-state index in [-0.39, 0.29) is 5.56 Å². The van der Waals surface area contributed by atoms with Gasteiger partial charge in [-0.1, -0.05) is 29.5 Å². The largest absolute Gasteiger partial charge is 0.497 e. The monoisotopic (exact) mass is 367 g/mol. The lowest BCUT2D eigenvalue weighted by molar-refractivity contribution is 0.414. The molecule has 0 aliphatic heterocycles. The molecule has 5 nitrogen and oxygen atoms in total. The summed E-state index contributed by atoms with van der Waals surface area (Å²) in [5, 5.41) is 6.29. The third-order valence-corrected chi connectivity index (χ3v) is 5.33. The second-order valence-electron chi connectivity index (χ2n) is 5.21. The maximum absolute atomic E-state index is 12.5. The van der Waals surface area contributed by atoms with Crippen LogP contribution in [0.4, 0.5) is 0 Å². The van der Waals surface area contributed by atoms with Gasteiger partial charge in [0, 0.05) is 4.88 Å². The van der Waals surface area contributed by atoms with Gasteiger partial charge < -0.3 is 4.74 Å². The summed E-state index contributed by atoms with van der Waals surface area (Å²) in [5.74, 6) is 1.28. The molecule has 3 heterocycles. The fourth-order valence-electron chi connectivity index (χ4n) is 2.34. The maximum atomic E-state index is 12.5. The van der Waals surface area contributed by atoms with Crippen molar-refractivity contribution in [1.29, 1.82) is 0 Å². The highest BCUT2D eigenvalue weighted by molar-refractivity contribution is 7.15. The zero-order valence-corrected chi connectivity index (χ0v) is 14.9. The summed E-state index contributed by atoms with van der Waals surface area (Å²) < 4.78 is 7.16. The summed E-state index contributed by atoms with van der Waals surface area (Å²) in [6, 6.07) is 11.6. The van der Waals surface area contributed by atoms with E-state index < -0.39 is 0 Å². The first-order chi connectivity index (χ1) is 12.2. The van der Waals surface area contributed by atoms with Gasteiger partial charge in [-0.2, -0.15) is 9.50 Å². The fourth-order valence-corrected chi connectivity index (χ4v) is 3.88.